The van der Waals surface area contributed by atoms with Crippen molar-refractivity contribution in [2.24, 2.45) is 0 Å². The third-order valence-electron chi connectivity index (χ3n) is 9.34. The predicted octanol–water partition coefficient (Wildman–Crippen LogP) is -9.62. The summed E-state index contributed by atoms with van der Waals surface area (Å²) in [6.45, 7) is -0.729. The number of aliphatic carboxylic acids is 2. The minimum Gasteiger partial charge on any atom is -0.479 e. The van der Waals surface area contributed by atoms with Crippen LogP contribution >= 0.6 is 0 Å². The van der Waals surface area contributed by atoms with Gasteiger partial charge in [0, 0.05) is 13.8 Å². The topological polar surface area (TPSA) is 486 Å². The van der Waals surface area contributed by atoms with Gasteiger partial charge in [0.2, 0.25) is 11.8 Å². The SMILES string of the molecule is CC(=O)N[C@H]1C(O)OC(COS(=O)(=O)O)[C@H](O)[C@@H]1OC1OC(C(=O)O)[C@H](OC2OC(COS(=O)(=O)O)[C@H](O)[C@H](O[C@@H]3OC(C(=O)O)[C@H](O)[C@H](O)C3O)[C@H]2NC(C)=O)[C@H](O)[C@H]1O. The summed E-state index contributed by atoms with van der Waals surface area (Å²) in [5.74, 6) is -5.82. The van der Waals surface area contributed by atoms with Gasteiger partial charge in [0.1, 0.15) is 85.3 Å². The number of nitrogens with one attached hydrogen (secondary N) is 2. The zero-order valence-electron chi connectivity index (χ0n) is 31.1. The largest absolute Gasteiger partial charge is 0.479 e. The number of ether oxygens (including phenoxy) is 7. The molecular weight excluding hydrogens is 892 g/mol. The number of aliphatic hydroxyl groups is 8. The minimum absolute atomic E-state index is 0.861. The fourth-order valence-corrected chi connectivity index (χ4v) is 7.19. The van der Waals surface area contributed by atoms with E-state index in [9.17, 15) is 91.6 Å². The summed E-state index contributed by atoms with van der Waals surface area (Å²) in [5, 5.41) is 110. The van der Waals surface area contributed by atoms with Crippen LogP contribution < -0.4 is 10.6 Å². The van der Waals surface area contributed by atoms with E-state index in [1.807, 2.05) is 0 Å². The van der Waals surface area contributed by atoms with Gasteiger partial charge in [-0.1, -0.05) is 0 Å². The summed E-state index contributed by atoms with van der Waals surface area (Å²) in [6.07, 6.45) is -40.8. The molecule has 8 unspecified atom stereocenters. The van der Waals surface area contributed by atoms with Crippen LogP contribution in [0, 0.1) is 0 Å². The predicted molar refractivity (Wildman–Crippen MR) is 179 cm³/mol. The number of carboxylic acids is 2. The fraction of sp³-hybridized carbons (Fsp3) is 0.857. The first kappa shape index (κ1) is 50.7. The van der Waals surface area contributed by atoms with Gasteiger partial charge in [0.05, 0.1) is 13.2 Å². The van der Waals surface area contributed by atoms with E-state index >= 15 is 0 Å². The normalized spacial score (nSPS) is 42.3. The third-order valence-corrected chi connectivity index (χ3v) is 10.2. The Morgan fingerprint density at radius 1 is 0.508 bits per heavy atom. The first-order valence-electron chi connectivity index (χ1n) is 17.4. The second kappa shape index (κ2) is 20.2. The zero-order chi connectivity index (χ0) is 46.0. The van der Waals surface area contributed by atoms with E-state index in [1.54, 1.807) is 0 Å². The molecule has 0 aromatic rings. The van der Waals surface area contributed by atoms with E-state index < -0.39 is 180 Å². The van der Waals surface area contributed by atoms with Gasteiger partial charge in [-0.2, -0.15) is 16.8 Å². The standard InChI is InChI=1S/C28H44N2O29S2/c1-5(31)29-9-18(11(33)7(53-25(9)44)3-51-60(45,46)47)55-28-17(39)15(37)20(22(59-28)24(42)43)57-26-10(30-6(2)32)19(12(34)8(54-26)4-52-61(48,49)50)56-27-16(38)13(35)14(36)21(58-27)23(40)41/h7-22,25-28,33-39,44H,3-4H2,1-2H3,(H,29,31)(H,30,32)(H,40,41)(H,42,43)(H,45,46,47)(H,48,49,50)/t7?,8?,9-,10-,11+,12+,13+,14-,15-,16?,17-,18-,19-,20-,21?,22?,25?,26?,27-,28?/m1/s1. The molecule has 61 heavy (non-hydrogen) atoms. The summed E-state index contributed by atoms with van der Waals surface area (Å²) >= 11 is 0. The van der Waals surface area contributed by atoms with Crippen LogP contribution in [0.3, 0.4) is 0 Å². The molecule has 352 valence electrons. The van der Waals surface area contributed by atoms with Crippen LogP contribution in [0.5, 0.6) is 0 Å². The van der Waals surface area contributed by atoms with Crippen molar-refractivity contribution in [3.63, 3.8) is 0 Å². The Labute approximate surface area is 342 Å². The molecule has 0 saturated carbocycles. The molecule has 0 radical (unpaired) electrons. The van der Waals surface area contributed by atoms with E-state index in [1.165, 1.54) is 0 Å². The molecule has 0 bridgehead atoms. The lowest BCUT2D eigenvalue weighted by Crippen LogP contribution is -2.70. The van der Waals surface area contributed by atoms with Gasteiger partial charge in [0.15, 0.2) is 37.4 Å². The molecule has 4 fully saturated rings. The van der Waals surface area contributed by atoms with Crippen LogP contribution in [-0.2, 0) is 81.5 Å². The lowest BCUT2D eigenvalue weighted by molar-refractivity contribution is -0.368. The highest BCUT2D eigenvalue weighted by molar-refractivity contribution is 7.81. The van der Waals surface area contributed by atoms with Gasteiger partial charge in [-0.05, 0) is 0 Å². The number of carbonyl (C=O) groups is 4. The fourth-order valence-electron chi connectivity index (χ4n) is 6.58. The summed E-state index contributed by atoms with van der Waals surface area (Å²) < 4.78 is 109. The average molecular weight is 937 g/mol. The van der Waals surface area contributed by atoms with E-state index in [-0.39, 0.29) is 0 Å². The summed E-state index contributed by atoms with van der Waals surface area (Å²) in [4.78, 5) is 48.7. The Morgan fingerprint density at radius 2 is 0.918 bits per heavy atom. The Bertz CT molecular complexity index is 1790. The van der Waals surface area contributed by atoms with Crippen molar-refractivity contribution in [3.8, 4) is 0 Å². The molecular formula is C28H44N2O29S2. The molecule has 14 N–H and O–H groups in total. The minimum atomic E-state index is -5.32. The molecule has 4 rings (SSSR count). The molecule has 20 atom stereocenters. The molecule has 31 nitrogen and oxygen atoms in total. The van der Waals surface area contributed by atoms with Crippen molar-refractivity contribution in [2.45, 2.75) is 137 Å². The van der Waals surface area contributed by atoms with Crippen molar-refractivity contribution in [3.05, 3.63) is 0 Å². The summed E-state index contributed by atoms with van der Waals surface area (Å²) in [6, 6.07) is -3.83. The highest BCUT2D eigenvalue weighted by atomic mass is 32.3. The summed E-state index contributed by atoms with van der Waals surface area (Å²) in [7, 11) is -10.5. The number of hydrogen-bond acceptors (Lipinski definition) is 25. The van der Waals surface area contributed by atoms with Crippen LogP contribution in [0.1, 0.15) is 13.8 Å². The van der Waals surface area contributed by atoms with Crippen LogP contribution in [0.25, 0.3) is 0 Å². The van der Waals surface area contributed by atoms with Crippen molar-refractivity contribution >= 4 is 44.6 Å². The number of rotatable bonds is 16. The maximum atomic E-state index is 12.6. The quantitative estimate of drug-likeness (QED) is 0.0639. The second-order valence-electron chi connectivity index (χ2n) is 13.7. The van der Waals surface area contributed by atoms with Gasteiger partial charge in [-0.15, -0.1) is 0 Å². The van der Waals surface area contributed by atoms with E-state index in [0.29, 0.717) is 0 Å². The summed E-state index contributed by atoms with van der Waals surface area (Å²) in [5.41, 5.74) is 0. The second-order valence-corrected chi connectivity index (χ2v) is 15.9. The average Bonchev–Trinajstić information content (AvgIpc) is 3.13. The molecule has 0 aliphatic carbocycles. The van der Waals surface area contributed by atoms with Gasteiger partial charge in [0.25, 0.3) is 0 Å². The maximum Gasteiger partial charge on any atom is 0.397 e. The van der Waals surface area contributed by atoms with Crippen molar-refractivity contribution in [1.82, 2.24) is 10.6 Å². The lowest BCUT2D eigenvalue weighted by atomic mass is 9.94. The van der Waals surface area contributed by atoms with Gasteiger partial charge in [-0.25, -0.2) is 18.0 Å². The van der Waals surface area contributed by atoms with Gasteiger partial charge < -0.3 is 94.9 Å². The number of aliphatic hydroxyl groups excluding tert-OH is 8. The molecule has 4 heterocycles. The smallest absolute Gasteiger partial charge is 0.397 e. The van der Waals surface area contributed by atoms with Crippen LogP contribution in [0.4, 0.5) is 0 Å². The first-order chi connectivity index (χ1) is 28.1. The van der Waals surface area contributed by atoms with Crippen molar-refractivity contribution in [1.29, 1.82) is 0 Å². The molecule has 0 aromatic carbocycles. The van der Waals surface area contributed by atoms with E-state index in [4.69, 9.17) is 37.7 Å². The highest BCUT2D eigenvalue weighted by Gasteiger charge is 2.57. The Hall–Kier alpha value is -2.98. The first-order valence-corrected chi connectivity index (χ1v) is 20.1. The van der Waals surface area contributed by atoms with Gasteiger partial charge in [-0.3, -0.25) is 18.7 Å². The third kappa shape index (κ3) is 12.6. The Kier molecular flexibility index (Phi) is 16.8. The molecule has 33 heteroatoms. The number of amides is 2. The molecule has 4 aliphatic rings. The monoisotopic (exact) mass is 936 g/mol. The zero-order valence-corrected chi connectivity index (χ0v) is 32.7. The molecule has 0 spiro atoms. The van der Waals surface area contributed by atoms with Gasteiger partial charge >= 0.3 is 32.7 Å². The highest BCUT2D eigenvalue weighted by Crippen LogP contribution is 2.35. The number of hydrogen-bond donors (Lipinski definition) is 14. The molecule has 0 aromatic heterocycles. The molecule has 2 amide bonds. The lowest BCUT2D eigenvalue weighted by Gasteiger charge is -2.49. The number of carboxylic acid groups (broad SMARTS) is 2. The number of carbonyl (C=O) groups excluding carboxylic acids is 2. The van der Waals surface area contributed by atoms with Crippen LogP contribution in [0.2, 0.25) is 0 Å². The van der Waals surface area contributed by atoms with Crippen LogP contribution in [-0.4, -0.2) is 237 Å². The Balaban J connectivity index is 1.68. The van der Waals surface area contributed by atoms with E-state index in [2.05, 4.69) is 19.0 Å². The van der Waals surface area contributed by atoms with Crippen molar-refractivity contribution < 1.29 is 138 Å². The molecule has 4 aliphatic heterocycles. The Morgan fingerprint density at radius 3 is 1.38 bits per heavy atom. The van der Waals surface area contributed by atoms with Crippen molar-refractivity contribution in [2.75, 3.05) is 13.2 Å². The maximum absolute atomic E-state index is 12.6. The molecule has 4 saturated heterocycles. The van der Waals surface area contributed by atoms with Crippen LogP contribution in [0.15, 0.2) is 0 Å². The van der Waals surface area contributed by atoms with E-state index in [0.717, 1.165) is 13.8 Å².